The van der Waals surface area contributed by atoms with E-state index in [4.69, 9.17) is 4.74 Å². The van der Waals surface area contributed by atoms with E-state index in [1.165, 1.54) is 5.56 Å². The number of para-hydroxylation sites is 1. The summed E-state index contributed by atoms with van der Waals surface area (Å²) >= 11 is 0. The molecule has 0 radical (unpaired) electrons. The highest BCUT2D eigenvalue weighted by atomic mass is 16.5. The highest BCUT2D eigenvalue weighted by Crippen LogP contribution is 2.29. The maximum Gasteiger partial charge on any atom is 0.122 e. The molecule has 0 saturated carbocycles. The molecule has 21 heavy (non-hydrogen) atoms. The molecule has 0 spiro atoms. The number of hydrogen-bond acceptors (Lipinski definition) is 2. The Morgan fingerprint density at radius 1 is 1.14 bits per heavy atom. The van der Waals surface area contributed by atoms with Gasteiger partial charge in [-0.25, -0.2) is 0 Å². The van der Waals surface area contributed by atoms with E-state index in [0.717, 1.165) is 31.9 Å². The zero-order chi connectivity index (χ0) is 15.9. The first-order chi connectivity index (χ1) is 9.85. The van der Waals surface area contributed by atoms with Gasteiger partial charge in [-0.3, -0.25) is 0 Å². The van der Waals surface area contributed by atoms with Crippen molar-refractivity contribution < 1.29 is 4.74 Å². The average Bonchev–Trinajstić information content (AvgIpc) is 2.44. The van der Waals surface area contributed by atoms with Crippen LogP contribution < -0.4 is 10.1 Å². The molecule has 1 aromatic carbocycles. The van der Waals surface area contributed by atoms with Crippen LogP contribution >= 0.6 is 0 Å². The Hall–Kier alpha value is -1.02. The third kappa shape index (κ3) is 6.52. The average molecular weight is 291 g/mol. The number of ether oxygens (including phenoxy) is 1. The van der Waals surface area contributed by atoms with Crippen molar-refractivity contribution in [2.45, 2.75) is 53.9 Å². The van der Waals surface area contributed by atoms with Crippen molar-refractivity contribution in [3.05, 3.63) is 29.8 Å². The Balaban J connectivity index is 2.57. The van der Waals surface area contributed by atoms with E-state index >= 15 is 0 Å². The van der Waals surface area contributed by atoms with E-state index in [2.05, 4.69) is 71.1 Å². The van der Waals surface area contributed by atoms with Crippen LogP contribution in [0.15, 0.2) is 24.3 Å². The van der Waals surface area contributed by atoms with Gasteiger partial charge in [0.05, 0.1) is 6.61 Å². The van der Waals surface area contributed by atoms with E-state index in [1.807, 2.05) is 0 Å². The van der Waals surface area contributed by atoms with Crippen LogP contribution in [0.2, 0.25) is 0 Å². The summed E-state index contributed by atoms with van der Waals surface area (Å²) in [6, 6.07) is 8.45. The molecule has 0 heterocycles. The molecule has 1 atom stereocenters. The van der Waals surface area contributed by atoms with Gasteiger partial charge in [0.1, 0.15) is 5.75 Å². The summed E-state index contributed by atoms with van der Waals surface area (Å²) in [6.45, 7) is 16.3. The van der Waals surface area contributed by atoms with Crippen LogP contribution in [0.5, 0.6) is 5.75 Å². The third-order valence-corrected chi connectivity index (χ3v) is 3.84. The highest BCUT2D eigenvalue weighted by Gasteiger charge is 2.20. The van der Waals surface area contributed by atoms with Gasteiger partial charge >= 0.3 is 0 Å². The molecule has 120 valence electrons. The monoisotopic (exact) mass is 291 g/mol. The van der Waals surface area contributed by atoms with Gasteiger partial charge < -0.3 is 10.1 Å². The zero-order valence-corrected chi connectivity index (χ0v) is 14.7. The standard InChI is InChI=1S/C19H33NO/c1-7-16(4)17-10-8-9-11-18(17)21-14-19(5,6)13-20-12-15(2)3/h8-11,15-16,20H,7,12-14H2,1-6H3. The summed E-state index contributed by atoms with van der Waals surface area (Å²) < 4.78 is 6.14. The number of rotatable bonds is 9. The van der Waals surface area contributed by atoms with Crippen LogP contribution in [0.4, 0.5) is 0 Å². The van der Waals surface area contributed by atoms with Crippen LogP contribution in [-0.4, -0.2) is 19.7 Å². The quantitative estimate of drug-likeness (QED) is 0.702. The predicted octanol–water partition coefficient (Wildman–Crippen LogP) is 4.85. The molecule has 1 unspecified atom stereocenters. The molecule has 1 N–H and O–H groups in total. The van der Waals surface area contributed by atoms with Gasteiger partial charge in [0.15, 0.2) is 0 Å². The molecule has 0 aliphatic rings. The van der Waals surface area contributed by atoms with Crippen molar-refractivity contribution in [1.29, 1.82) is 0 Å². The lowest BCUT2D eigenvalue weighted by Crippen LogP contribution is -2.36. The molecule has 0 fully saturated rings. The number of benzene rings is 1. The summed E-state index contributed by atoms with van der Waals surface area (Å²) in [5.74, 6) is 2.28. The van der Waals surface area contributed by atoms with Crippen LogP contribution in [0.25, 0.3) is 0 Å². The van der Waals surface area contributed by atoms with Gasteiger partial charge in [0, 0.05) is 12.0 Å². The summed E-state index contributed by atoms with van der Waals surface area (Å²) in [7, 11) is 0. The van der Waals surface area contributed by atoms with E-state index in [-0.39, 0.29) is 5.41 Å². The first kappa shape index (κ1) is 18.0. The first-order valence-electron chi connectivity index (χ1n) is 8.28. The molecule has 0 aliphatic heterocycles. The van der Waals surface area contributed by atoms with Crippen LogP contribution in [0, 0.1) is 11.3 Å². The topological polar surface area (TPSA) is 21.3 Å². The predicted molar refractivity (Wildman–Crippen MR) is 92.1 cm³/mol. The second-order valence-corrected chi connectivity index (χ2v) is 7.32. The summed E-state index contributed by atoms with van der Waals surface area (Å²) in [5, 5.41) is 3.53. The fraction of sp³-hybridized carbons (Fsp3) is 0.684. The SMILES string of the molecule is CCC(C)c1ccccc1OCC(C)(C)CNCC(C)C. The van der Waals surface area contributed by atoms with Gasteiger partial charge in [0.2, 0.25) is 0 Å². The Morgan fingerprint density at radius 3 is 2.43 bits per heavy atom. The number of nitrogens with one attached hydrogen (secondary N) is 1. The van der Waals surface area contributed by atoms with Gasteiger partial charge in [-0.15, -0.1) is 0 Å². The lowest BCUT2D eigenvalue weighted by Gasteiger charge is -2.27. The fourth-order valence-corrected chi connectivity index (χ4v) is 2.26. The fourth-order valence-electron chi connectivity index (χ4n) is 2.26. The lowest BCUT2D eigenvalue weighted by atomic mass is 9.94. The lowest BCUT2D eigenvalue weighted by molar-refractivity contribution is 0.173. The van der Waals surface area contributed by atoms with Crippen molar-refractivity contribution in [3.8, 4) is 5.75 Å². The summed E-state index contributed by atoms with van der Waals surface area (Å²) in [6.07, 6.45) is 1.14. The Bertz CT molecular complexity index is 412. The van der Waals surface area contributed by atoms with E-state index in [1.54, 1.807) is 0 Å². The van der Waals surface area contributed by atoms with Gasteiger partial charge in [-0.2, -0.15) is 0 Å². The molecular weight excluding hydrogens is 258 g/mol. The minimum atomic E-state index is 0.136. The molecule has 0 aliphatic carbocycles. The Labute approximate surface area is 131 Å². The molecule has 0 saturated heterocycles. The van der Waals surface area contributed by atoms with Crippen molar-refractivity contribution in [3.63, 3.8) is 0 Å². The zero-order valence-electron chi connectivity index (χ0n) is 14.7. The van der Waals surface area contributed by atoms with Gasteiger partial charge in [-0.1, -0.05) is 59.7 Å². The smallest absolute Gasteiger partial charge is 0.122 e. The second-order valence-electron chi connectivity index (χ2n) is 7.32. The Kier molecular flexibility index (Phi) is 7.24. The van der Waals surface area contributed by atoms with Gasteiger partial charge in [0.25, 0.3) is 0 Å². The second kappa shape index (κ2) is 8.43. The van der Waals surface area contributed by atoms with E-state index in [0.29, 0.717) is 11.8 Å². The van der Waals surface area contributed by atoms with Crippen LogP contribution in [0.1, 0.15) is 59.4 Å². The minimum absolute atomic E-state index is 0.136. The van der Waals surface area contributed by atoms with Gasteiger partial charge in [-0.05, 0) is 36.4 Å². The Morgan fingerprint density at radius 2 is 1.81 bits per heavy atom. The molecule has 1 rings (SSSR count). The molecule has 1 aromatic rings. The van der Waals surface area contributed by atoms with E-state index in [9.17, 15) is 0 Å². The number of hydrogen-bond donors (Lipinski definition) is 1. The molecule has 2 heteroatoms. The highest BCUT2D eigenvalue weighted by molar-refractivity contribution is 5.35. The molecule has 2 nitrogen and oxygen atoms in total. The largest absolute Gasteiger partial charge is 0.493 e. The van der Waals surface area contributed by atoms with Crippen molar-refractivity contribution in [2.75, 3.05) is 19.7 Å². The normalized spacial score (nSPS) is 13.5. The molecular formula is C19H33NO. The third-order valence-electron chi connectivity index (χ3n) is 3.84. The van der Waals surface area contributed by atoms with Crippen molar-refractivity contribution in [2.24, 2.45) is 11.3 Å². The molecule has 0 aromatic heterocycles. The maximum absolute atomic E-state index is 6.14. The van der Waals surface area contributed by atoms with Crippen molar-refractivity contribution >= 4 is 0 Å². The minimum Gasteiger partial charge on any atom is -0.493 e. The van der Waals surface area contributed by atoms with Crippen LogP contribution in [0.3, 0.4) is 0 Å². The molecule has 0 amide bonds. The summed E-state index contributed by atoms with van der Waals surface area (Å²) in [4.78, 5) is 0. The maximum atomic E-state index is 6.14. The first-order valence-corrected chi connectivity index (χ1v) is 8.28. The molecule has 0 bridgehead atoms. The van der Waals surface area contributed by atoms with E-state index < -0.39 is 0 Å². The summed E-state index contributed by atoms with van der Waals surface area (Å²) in [5.41, 5.74) is 1.46. The van der Waals surface area contributed by atoms with Crippen LogP contribution in [-0.2, 0) is 0 Å². The van der Waals surface area contributed by atoms with Crippen molar-refractivity contribution in [1.82, 2.24) is 5.32 Å².